The molecular weight excluding hydrogens is 363 g/mol. The highest BCUT2D eigenvalue weighted by atomic mass is 19.1. The van der Waals surface area contributed by atoms with Gasteiger partial charge in [-0.05, 0) is 43.7 Å². The molecule has 146 valence electrons. The molecule has 0 atom stereocenters. The molecule has 3 aromatic rings. The van der Waals surface area contributed by atoms with E-state index < -0.39 is 10.7 Å². The lowest BCUT2D eigenvalue weighted by Gasteiger charge is -2.28. The fourth-order valence-corrected chi connectivity index (χ4v) is 3.77. The Balaban J connectivity index is 1.67. The van der Waals surface area contributed by atoms with Crippen molar-refractivity contribution in [2.75, 3.05) is 5.32 Å². The summed E-state index contributed by atoms with van der Waals surface area (Å²) >= 11 is 0. The summed E-state index contributed by atoms with van der Waals surface area (Å²) in [5.41, 5.74) is 0.856. The topological polar surface area (TPSA) is 98.2 Å². The Morgan fingerprint density at radius 3 is 2.75 bits per heavy atom. The molecule has 1 aliphatic carbocycles. The number of nitrogens with one attached hydrogen (secondary N) is 1. The predicted octanol–water partition coefficient (Wildman–Crippen LogP) is 4.22. The van der Waals surface area contributed by atoms with E-state index in [-0.39, 0.29) is 23.4 Å². The van der Waals surface area contributed by atoms with Gasteiger partial charge in [-0.15, -0.1) is 0 Å². The molecule has 3 heterocycles. The fraction of sp³-hybridized carbons (Fsp3) is 0.421. The first-order chi connectivity index (χ1) is 13.5. The normalized spacial score (nSPS) is 19.6. The summed E-state index contributed by atoms with van der Waals surface area (Å²) in [6, 6.07) is 3.02. The van der Waals surface area contributed by atoms with E-state index in [0.29, 0.717) is 11.3 Å². The van der Waals surface area contributed by atoms with Crippen LogP contribution in [0.4, 0.5) is 15.9 Å². The third-order valence-corrected chi connectivity index (χ3v) is 5.43. The largest absolute Gasteiger partial charge is 0.361 e. The number of imidazole rings is 1. The number of hydrogen-bond acceptors (Lipinski definition) is 6. The van der Waals surface area contributed by atoms with Gasteiger partial charge >= 0.3 is 5.69 Å². The molecule has 0 radical (unpaired) electrons. The number of rotatable bonds is 5. The van der Waals surface area contributed by atoms with Gasteiger partial charge in [-0.2, -0.15) is 0 Å². The molecule has 0 saturated heterocycles. The van der Waals surface area contributed by atoms with Gasteiger partial charge in [0.1, 0.15) is 23.4 Å². The molecule has 28 heavy (non-hydrogen) atoms. The number of pyridine rings is 1. The van der Waals surface area contributed by atoms with E-state index in [1.165, 1.54) is 29.1 Å². The number of halogens is 1. The Hall–Kier alpha value is -3.10. The van der Waals surface area contributed by atoms with Crippen molar-refractivity contribution in [1.82, 2.24) is 19.4 Å². The Morgan fingerprint density at radius 2 is 2.04 bits per heavy atom. The van der Waals surface area contributed by atoms with Crippen LogP contribution in [0.1, 0.15) is 39.0 Å². The van der Waals surface area contributed by atoms with Crippen molar-refractivity contribution >= 4 is 17.2 Å². The van der Waals surface area contributed by atoms with Crippen molar-refractivity contribution in [1.29, 1.82) is 0 Å². The Kier molecular flexibility index (Phi) is 4.89. The standard InChI is InChI=1S/C19H21FN6O2/c1-2-12-3-6-14(7-4-12)23-19-16(26(27)28)10-22-18(24-19)15-9-21-17-8-5-13(20)11-25(15)17/h5,8-12,14H,2-4,6-7H2,1H3,(H,22,23,24). The molecule has 1 N–H and O–H groups in total. The summed E-state index contributed by atoms with van der Waals surface area (Å²) in [6.07, 6.45) is 9.30. The molecule has 0 aromatic carbocycles. The van der Waals surface area contributed by atoms with Crippen LogP contribution in [0, 0.1) is 21.8 Å². The maximum Gasteiger partial charge on any atom is 0.329 e. The number of nitrogens with zero attached hydrogens (tertiary/aromatic N) is 5. The van der Waals surface area contributed by atoms with Gasteiger partial charge in [-0.3, -0.25) is 14.5 Å². The third-order valence-electron chi connectivity index (χ3n) is 5.43. The van der Waals surface area contributed by atoms with Gasteiger partial charge < -0.3 is 5.32 Å². The number of nitro groups is 1. The smallest absolute Gasteiger partial charge is 0.329 e. The SMILES string of the molecule is CCC1CCC(Nc2nc(-c3cnc4ccc(F)cn34)ncc2[N+](=O)[O-])CC1. The minimum atomic E-state index is -0.488. The number of anilines is 1. The second kappa shape index (κ2) is 7.49. The van der Waals surface area contributed by atoms with E-state index in [0.717, 1.165) is 38.0 Å². The molecule has 0 aliphatic heterocycles. The first kappa shape index (κ1) is 18.3. The van der Waals surface area contributed by atoms with E-state index in [1.54, 1.807) is 6.07 Å². The van der Waals surface area contributed by atoms with E-state index in [4.69, 9.17) is 0 Å². The molecule has 0 spiro atoms. The molecule has 1 saturated carbocycles. The molecule has 0 unspecified atom stereocenters. The molecule has 1 fully saturated rings. The first-order valence-electron chi connectivity index (χ1n) is 9.46. The molecule has 9 heteroatoms. The fourth-order valence-electron chi connectivity index (χ4n) is 3.77. The molecule has 4 rings (SSSR count). The average molecular weight is 384 g/mol. The Bertz CT molecular complexity index is 1010. The van der Waals surface area contributed by atoms with Gasteiger partial charge in [0.15, 0.2) is 5.82 Å². The molecule has 0 bridgehead atoms. The third kappa shape index (κ3) is 3.51. The second-order valence-corrected chi connectivity index (χ2v) is 7.17. The van der Waals surface area contributed by atoms with Crippen molar-refractivity contribution in [2.24, 2.45) is 5.92 Å². The van der Waals surface area contributed by atoms with Crippen molar-refractivity contribution in [3.63, 3.8) is 0 Å². The number of aromatic nitrogens is 4. The van der Waals surface area contributed by atoms with E-state index in [9.17, 15) is 14.5 Å². The van der Waals surface area contributed by atoms with E-state index in [2.05, 4.69) is 27.2 Å². The average Bonchev–Trinajstić information content (AvgIpc) is 3.11. The predicted molar refractivity (Wildman–Crippen MR) is 102 cm³/mol. The zero-order valence-electron chi connectivity index (χ0n) is 15.5. The second-order valence-electron chi connectivity index (χ2n) is 7.17. The lowest BCUT2D eigenvalue weighted by atomic mass is 9.84. The van der Waals surface area contributed by atoms with Crippen LogP contribution >= 0.6 is 0 Å². The van der Waals surface area contributed by atoms with Crippen LogP contribution in [0.5, 0.6) is 0 Å². The van der Waals surface area contributed by atoms with Gasteiger partial charge in [0.25, 0.3) is 0 Å². The molecule has 0 amide bonds. The van der Waals surface area contributed by atoms with Crippen LogP contribution < -0.4 is 5.32 Å². The lowest BCUT2D eigenvalue weighted by Crippen LogP contribution is -2.26. The van der Waals surface area contributed by atoms with Gasteiger partial charge in [0, 0.05) is 12.2 Å². The van der Waals surface area contributed by atoms with Crippen molar-refractivity contribution < 1.29 is 9.31 Å². The van der Waals surface area contributed by atoms with Crippen LogP contribution in [-0.4, -0.2) is 30.3 Å². The summed E-state index contributed by atoms with van der Waals surface area (Å²) in [4.78, 5) is 23.7. The van der Waals surface area contributed by atoms with Crippen LogP contribution in [-0.2, 0) is 0 Å². The van der Waals surface area contributed by atoms with Crippen molar-refractivity contribution in [3.8, 4) is 11.5 Å². The van der Waals surface area contributed by atoms with Gasteiger partial charge in [-0.25, -0.2) is 19.3 Å². The Morgan fingerprint density at radius 1 is 1.25 bits per heavy atom. The van der Waals surface area contributed by atoms with Crippen LogP contribution in [0.15, 0.2) is 30.7 Å². The quantitative estimate of drug-likeness (QED) is 0.522. The zero-order valence-corrected chi connectivity index (χ0v) is 15.5. The monoisotopic (exact) mass is 384 g/mol. The summed E-state index contributed by atoms with van der Waals surface area (Å²) in [6.45, 7) is 2.19. The minimum Gasteiger partial charge on any atom is -0.361 e. The summed E-state index contributed by atoms with van der Waals surface area (Å²) in [5.74, 6) is 0.761. The van der Waals surface area contributed by atoms with E-state index >= 15 is 0 Å². The van der Waals surface area contributed by atoms with Crippen LogP contribution in [0.2, 0.25) is 0 Å². The maximum absolute atomic E-state index is 13.6. The molecule has 8 nitrogen and oxygen atoms in total. The van der Waals surface area contributed by atoms with Crippen LogP contribution in [0.3, 0.4) is 0 Å². The molecule has 1 aliphatic rings. The van der Waals surface area contributed by atoms with Crippen molar-refractivity contribution in [3.05, 3.63) is 46.7 Å². The minimum absolute atomic E-state index is 0.142. The molecular formula is C19H21FN6O2. The maximum atomic E-state index is 13.6. The highest BCUT2D eigenvalue weighted by Gasteiger charge is 2.25. The Labute approximate surface area is 161 Å². The number of fused-ring (bicyclic) bond motifs is 1. The lowest BCUT2D eigenvalue weighted by molar-refractivity contribution is -0.384. The summed E-state index contributed by atoms with van der Waals surface area (Å²) in [7, 11) is 0. The number of hydrogen-bond donors (Lipinski definition) is 1. The zero-order chi connectivity index (χ0) is 19.7. The highest BCUT2D eigenvalue weighted by molar-refractivity contribution is 5.63. The van der Waals surface area contributed by atoms with Crippen molar-refractivity contribution in [2.45, 2.75) is 45.1 Å². The van der Waals surface area contributed by atoms with Gasteiger partial charge in [0.2, 0.25) is 5.82 Å². The van der Waals surface area contributed by atoms with Gasteiger partial charge in [0.05, 0.1) is 11.1 Å². The summed E-state index contributed by atoms with van der Waals surface area (Å²) in [5, 5.41) is 14.7. The first-order valence-corrected chi connectivity index (χ1v) is 9.46. The summed E-state index contributed by atoms with van der Waals surface area (Å²) < 4.78 is 15.2. The van der Waals surface area contributed by atoms with Gasteiger partial charge in [-0.1, -0.05) is 13.3 Å². The van der Waals surface area contributed by atoms with Crippen LogP contribution in [0.25, 0.3) is 17.2 Å². The highest BCUT2D eigenvalue weighted by Crippen LogP contribution is 2.31. The van der Waals surface area contributed by atoms with E-state index in [1.807, 2.05) is 0 Å². The molecule has 3 aromatic heterocycles.